The predicted octanol–water partition coefficient (Wildman–Crippen LogP) is 0.728. The third-order valence-electron chi connectivity index (χ3n) is 2.57. The summed E-state index contributed by atoms with van der Waals surface area (Å²) in [6, 6.07) is 0. The summed E-state index contributed by atoms with van der Waals surface area (Å²) in [5.41, 5.74) is 8.28. The molecule has 0 saturated heterocycles. The van der Waals surface area contributed by atoms with Gasteiger partial charge in [-0.15, -0.1) is 0 Å². The Labute approximate surface area is 78.3 Å². The van der Waals surface area contributed by atoms with Gasteiger partial charge in [0.1, 0.15) is 5.82 Å². The van der Waals surface area contributed by atoms with Crippen LogP contribution in [0.5, 0.6) is 0 Å². The zero-order valence-corrected chi connectivity index (χ0v) is 8.25. The number of rotatable bonds is 2. The SMILES string of the molecule is CCCN1Cc2nn(C)c(N)c2C1. The van der Waals surface area contributed by atoms with Crippen LogP contribution in [-0.2, 0) is 20.1 Å². The number of hydrogen-bond donors (Lipinski definition) is 1. The minimum absolute atomic E-state index is 0.827. The monoisotopic (exact) mass is 180 g/mol. The van der Waals surface area contributed by atoms with Crippen LogP contribution in [0.25, 0.3) is 0 Å². The van der Waals surface area contributed by atoms with Crippen LogP contribution in [0.15, 0.2) is 0 Å². The van der Waals surface area contributed by atoms with Crippen molar-refractivity contribution in [2.45, 2.75) is 26.4 Å². The summed E-state index contributed by atoms with van der Waals surface area (Å²) in [7, 11) is 1.90. The largest absolute Gasteiger partial charge is 0.384 e. The quantitative estimate of drug-likeness (QED) is 0.729. The van der Waals surface area contributed by atoms with E-state index in [1.165, 1.54) is 12.0 Å². The van der Waals surface area contributed by atoms with Crippen molar-refractivity contribution in [1.82, 2.24) is 14.7 Å². The van der Waals surface area contributed by atoms with Gasteiger partial charge in [-0.3, -0.25) is 9.58 Å². The van der Waals surface area contributed by atoms with Crippen molar-refractivity contribution in [3.05, 3.63) is 11.3 Å². The molecule has 1 aliphatic rings. The first kappa shape index (κ1) is 8.56. The molecule has 0 aliphatic carbocycles. The van der Waals surface area contributed by atoms with Gasteiger partial charge in [-0.2, -0.15) is 5.10 Å². The fraction of sp³-hybridized carbons (Fsp3) is 0.667. The number of nitrogens with two attached hydrogens (primary N) is 1. The van der Waals surface area contributed by atoms with Gasteiger partial charge in [-0.05, 0) is 13.0 Å². The van der Waals surface area contributed by atoms with Crippen LogP contribution in [-0.4, -0.2) is 21.2 Å². The van der Waals surface area contributed by atoms with E-state index in [2.05, 4.69) is 16.9 Å². The van der Waals surface area contributed by atoms with Crippen LogP contribution >= 0.6 is 0 Å². The number of hydrogen-bond acceptors (Lipinski definition) is 3. The maximum absolute atomic E-state index is 5.89. The molecule has 1 aromatic heterocycles. The van der Waals surface area contributed by atoms with Crippen LogP contribution in [0.2, 0.25) is 0 Å². The number of fused-ring (bicyclic) bond motifs is 1. The van der Waals surface area contributed by atoms with Crippen molar-refractivity contribution in [2.75, 3.05) is 12.3 Å². The van der Waals surface area contributed by atoms with E-state index in [-0.39, 0.29) is 0 Å². The molecule has 0 bridgehead atoms. The molecule has 0 amide bonds. The van der Waals surface area contributed by atoms with Gasteiger partial charge in [-0.25, -0.2) is 0 Å². The number of anilines is 1. The number of nitrogens with zero attached hydrogens (tertiary/aromatic N) is 3. The molecular formula is C9H16N4. The molecule has 1 aliphatic heterocycles. The normalized spacial score (nSPS) is 16.5. The lowest BCUT2D eigenvalue weighted by atomic mass is 10.3. The number of aromatic nitrogens is 2. The molecule has 2 rings (SSSR count). The van der Waals surface area contributed by atoms with Gasteiger partial charge in [0.15, 0.2) is 0 Å². The van der Waals surface area contributed by atoms with E-state index < -0.39 is 0 Å². The summed E-state index contributed by atoms with van der Waals surface area (Å²) in [5, 5.41) is 4.37. The van der Waals surface area contributed by atoms with Gasteiger partial charge < -0.3 is 5.73 Å². The lowest BCUT2D eigenvalue weighted by molar-refractivity contribution is 0.281. The zero-order chi connectivity index (χ0) is 9.42. The van der Waals surface area contributed by atoms with Crippen molar-refractivity contribution >= 4 is 5.82 Å². The second-order valence-electron chi connectivity index (χ2n) is 3.64. The van der Waals surface area contributed by atoms with E-state index >= 15 is 0 Å². The van der Waals surface area contributed by atoms with Gasteiger partial charge in [0.25, 0.3) is 0 Å². The molecule has 72 valence electrons. The van der Waals surface area contributed by atoms with Gasteiger partial charge in [-0.1, -0.05) is 6.92 Å². The Morgan fingerprint density at radius 2 is 2.23 bits per heavy atom. The number of nitrogen functional groups attached to an aromatic ring is 1. The van der Waals surface area contributed by atoms with Crippen LogP contribution in [0.1, 0.15) is 24.6 Å². The second kappa shape index (κ2) is 3.03. The summed E-state index contributed by atoms with van der Waals surface area (Å²) < 4.78 is 1.77. The molecule has 0 spiro atoms. The molecule has 0 unspecified atom stereocenters. The molecule has 13 heavy (non-hydrogen) atoms. The summed E-state index contributed by atoms with van der Waals surface area (Å²) in [6.45, 7) is 5.27. The van der Waals surface area contributed by atoms with Crippen molar-refractivity contribution in [1.29, 1.82) is 0 Å². The van der Waals surface area contributed by atoms with Crippen LogP contribution in [0.4, 0.5) is 5.82 Å². The van der Waals surface area contributed by atoms with Crippen LogP contribution in [0, 0.1) is 0 Å². The average molecular weight is 180 g/mol. The summed E-state index contributed by atoms with van der Waals surface area (Å²) in [5.74, 6) is 0.827. The van der Waals surface area contributed by atoms with E-state index in [4.69, 9.17) is 5.73 Å². The van der Waals surface area contributed by atoms with Crippen molar-refractivity contribution in [3.8, 4) is 0 Å². The Bertz CT molecular complexity index is 316. The highest BCUT2D eigenvalue weighted by atomic mass is 15.3. The highest BCUT2D eigenvalue weighted by molar-refractivity contribution is 5.45. The van der Waals surface area contributed by atoms with Gasteiger partial charge in [0.05, 0.1) is 5.69 Å². The van der Waals surface area contributed by atoms with E-state index in [9.17, 15) is 0 Å². The zero-order valence-electron chi connectivity index (χ0n) is 8.25. The van der Waals surface area contributed by atoms with Crippen molar-refractivity contribution in [3.63, 3.8) is 0 Å². The highest BCUT2D eigenvalue weighted by Gasteiger charge is 2.24. The molecule has 0 atom stereocenters. The fourth-order valence-corrected chi connectivity index (χ4v) is 1.90. The Morgan fingerprint density at radius 3 is 2.85 bits per heavy atom. The topological polar surface area (TPSA) is 47.1 Å². The van der Waals surface area contributed by atoms with Crippen molar-refractivity contribution < 1.29 is 0 Å². The first-order chi connectivity index (χ1) is 6.22. The first-order valence-corrected chi connectivity index (χ1v) is 4.75. The Balaban J connectivity index is 2.18. The Morgan fingerprint density at radius 1 is 1.46 bits per heavy atom. The number of aryl methyl sites for hydroxylation is 1. The molecular weight excluding hydrogens is 164 g/mol. The smallest absolute Gasteiger partial charge is 0.126 e. The average Bonchev–Trinajstić information content (AvgIpc) is 2.56. The maximum atomic E-state index is 5.89. The molecule has 2 heterocycles. The molecule has 0 aromatic carbocycles. The minimum atomic E-state index is 0.827. The third kappa shape index (κ3) is 1.31. The first-order valence-electron chi connectivity index (χ1n) is 4.75. The molecule has 1 aromatic rings. The fourth-order valence-electron chi connectivity index (χ4n) is 1.90. The minimum Gasteiger partial charge on any atom is -0.384 e. The van der Waals surface area contributed by atoms with E-state index in [1.807, 2.05) is 7.05 Å². The molecule has 2 N–H and O–H groups in total. The molecule has 0 radical (unpaired) electrons. The second-order valence-corrected chi connectivity index (χ2v) is 3.64. The standard InChI is InChI=1S/C9H16N4/c1-3-4-13-5-7-8(6-13)11-12(2)9(7)10/h3-6,10H2,1-2H3. The van der Waals surface area contributed by atoms with Gasteiger partial charge >= 0.3 is 0 Å². The maximum Gasteiger partial charge on any atom is 0.126 e. The van der Waals surface area contributed by atoms with Gasteiger partial charge in [0.2, 0.25) is 0 Å². The van der Waals surface area contributed by atoms with Crippen LogP contribution < -0.4 is 5.73 Å². The van der Waals surface area contributed by atoms with E-state index in [0.717, 1.165) is 31.1 Å². The molecule has 4 heteroatoms. The predicted molar refractivity (Wildman–Crippen MR) is 52.0 cm³/mol. The summed E-state index contributed by atoms with van der Waals surface area (Å²) >= 11 is 0. The van der Waals surface area contributed by atoms with E-state index in [1.54, 1.807) is 4.68 Å². The lowest BCUT2D eigenvalue weighted by Crippen LogP contribution is -2.18. The highest BCUT2D eigenvalue weighted by Crippen LogP contribution is 2.26. The Kier molecular flexibility index (Phi) is 2.00. The van der Waals surface area contributed by atoms with Gasteiger partial charge in [0, 0.05) is 25.7 Å². The lowest BCUT2D eigenvalue weighted by Gasteiger charge is -2.13. The molecule has 0 saturated carbocycles. The summed E-state index contributed by atoms with van der Waals surface area (Å²) in [4.78, 5) is 2.38. The van der Waals surface area contributed by atoms with Crippen LogP contribution in [0.3, 0.4) is 0 Å². The van der Waals surface area contributed by atoms with Crippen molar-refractivity contribution in [2.24, 2.45) is 7.05 Å². The van der Waals surface area contributed by atoms with E-state index in [0.29, 0.717) is 0 Å². The molecule has 4 nitrogen and oxygen atoms in total. The third-order valence-corrected chi connectivity index (χ3v) is 2.57. The molecule has 0 fully saturated rings. The Hall–Kier alpha value is -1.03. The summed E-state index contributed by atoms with van der Waals surface area (Å²) in [6.07, 6.45) is 1.19.